The highest BCUT2D eigenvalue weighted by Crippen LogP contribution is 2.21. The number of amides is 2. The minimum atomic E-state index is -0.389. The number of hydrogen-bond donors (Lipinski definition) is 3. The van der Waals surface area contributed by atoms with Crippen LogP contribution in [0.3, 0.4) is 0 Å². The molecule has 6 heteroatoms. The maximum Gasteiger partial charge on any atom is 0.319 e. The fourth-order valence-corrected chi connectivity index (χ4v) is 3.35. The second kappa shape index (κ2) is 8.76. The van der Waals surface area contributed by atoms with Gasteiger partial charge in [-0.1, -0.05) is 18.2 Å². The first-order chi connectivity index (χ1) is 12.6. The van der Waals surface area contributed by atoms with Crippen molar-refractivity contribution in [3.8, 4) is 0 Å². The molecule has 0 bridgehead atoms. The van der Waals surface area contributed by atoms with Gasteiger partial charge < -0.3 is 16.0 Å². The van der Waals surface area contributed by atoms with Gasteiger partial charge in [0.15, 0.2) is 0 Å². The minimum absolute atomic E-state index is 0.187. The molecule has 4 nitrogen and oxygen atoms in total. The lowest BCUT2D eigenvalue weighted by atomic mass is 9.87. The monoisotopic (exact) mass is 359 g/mol. The summed E-state index contributed by atoms with van der Waals surface area (Å²) in [6, 6.07) is 12.3. The van der Waals surface area contributed by atoms with Crippen molar-refractivity contribution in [2.75, 3.05) is 18.4 Å². The number of urea groups is 1. The summed E-state index contributed by atoms with van der Waals surface area (Å²) in [7, 11) is 0. The van der Waals surface area contributed by atoms with Crippen molar-refractivity contribution < 1.29 is 13.6 Å². The molecule has 0 aromatic heterocycles. The normalized spacial score (nSPS) is 19.8. The molecule has 26 heavy (non-hydrogen) atoms. The molecule has 1 fully saturated rings. The molecule has 138 valence electrons. The Balaban J connectivity index is 1.44. The van der Waals surface area contributed by atoms with E-state index in [9.17, 15) is 13.6 Å². The molecule has 2 aromatic rings. The van der Waals surface area contributed by atoms with Crippen molar-refractivity contribution in [3.63, 3.8) is 0 Å². The van der Waals surface area contributed by atoms with Crippen molar-refractivity contribution in [2.24, 2.45) is 5.92 Å². The number of nitrogens with one attached hydrogen (secondary N) is 3. The van der Waals surface area contributed by atoms with E-state index in [1.165, 1.54) is 24.3 Å². The SMILES string of the molecule is O=C(NC[C@H]1C[C@H](Cc2ccc(F)cc2)CCN1)Nc1cccc(F)c1. The zero-order valence-electron chi connectivity index (χ0n) is 14.5. The predicted molar refractivity (Wildman–Crippen MR) is 98.0 cm³/mol. The summed E-state index contributed by atoms with van der Waals surface area (Å²) in [5.74, 6) is -0.106. The molecule has 2 amide bonds. The van der Waals surface area contributed by atoms with Crippen molar-refractivity contribution in [1.82, 2.24) is 10.6 Å². The molecule has 1 saturated heterocycles. The molecular formula is C20H23F2N3O. The fourth-order valence-electron chi connectivity index (χ4n) is 3.35. The van der Waals surface area contributed by atoms with Gasteiger partial charge in [-0.15, -0.1) is 0 Å². The Kier molecular flexibility index (Phi) is 6.17. The lowest BCUT2D eigenvalue weighted by molar-refractivity contribution is 0.246. The molecule has 3 rings (SSSR count). The Bertz CT molecular complexity index is 736. The van der Waals surface area contributed by atoms with Crippen molar-refractivity contribution >= 4 is 11.7 Å². The third-order valence-electron chi connectivity index (χ3n) is 4.63. The van der Waals surface area contributed by atoms with Crippen LogP contribution in [-0.4, -0.2) is 25.2 Å². The number of carbonyl (C=O) groups excluding carboxylic acids is 1. The van der Waals surface area contributed by atoms with Crippen LogP contribution in [0.2, 0.25) is 0 Å². The molecule has 3 N–H and O–H groups in total. The zero-order valence-corrected chi connectivity index (χ0v) is 14.5. The van der Waals surface area contributed by atoms with E-state index in [1.54, 1.807) is 12.1 Å². The van der Waals surface area contributed by atoms with E-state index in [2.05, 4.69) is 16.0 Å². The molecule has 1 heterocycles. The Morgan fingerprint density at radius 1 is 1.12 bits per heavy atom. The third kappa shape index (κ3) is 5.52. The first kappa shape index (κ1) is 18.3. The number of piperidine rings is 1. The van der Waals surface area contributed by atoms with Crippen LogP contribution < -0.4 is 16.0 Å². The van der Waals surface area contributed by atoms with Crippen molar-refractivity contribution in [1.29, 1.82) is 0 Å². The van der Waals surface area contributed by atoms with Crippen molar-refractivity contribution in [2.45, 2.75) is 25.3 Å². The van der Waals surface area contributed by atoms with Crippen LogP contribution in [0, 0.1) is 17.6 Å². The van der Waals surface area contributed by atoms with Crippen LogP contribution in [0.4, 0.5) is 19.3 Å². The zero-order chi connectivity index (χ0) is 18.4. The molecule has 0 spiro atoms. The summed E-state index contributed by atoms with van der Waals surface area (Å²) >= 11 is 0. The van der Waals surface area contributed by atoms with E-state index in [-0.39, 0.29) is 23.7 Å². The Labute approximate surface area is 152 Å². The minimum Gasteiger partial charge on any atom is -0.336 e. The van der Waals surface area contributed by atoms with Crippen LogP contribution in [-0.2, 0) is 6.42 Å². The highest BCUT2D eigenvalue weighted by Gasteiger charge is 2.22. The Hall–Kier alpha value is -2.47. The molecule has 2 atom stereocenters. The molecule has 0 radical (unpaired) electrons. The summed E-state index contributed by atoms with van der Waals surface area (Å²) in [6.07, 6.45) is 2.91. The molecular weight excluding hydrogens is 336 g/mol. The van der Waals surface area contributed by atoms with Crippen LogP contribution >= 0.6 is 0 Å². The van der Waals surface area contributed by atoms with E-state index in [0.717, 1.165) is 31.4 Å². The van der Waals surface area contributed by atoms with Gasteiger partial charge in [0.2, 0.25) is 0 Å². The highest BCUT2D eigenvalue weighted by molar-refractivity contribution is 5.89. The second-order valence-electron chi connectivity index (χ2n) is 6.72. The number of rotatable bonds is 5. The van der Waals surface area contributed by atoms with E-state index in [0.29, 0.717) is 18.2 Å². The standard InChI is InChI=1S/C20H23F2N3O/c21-16-6-4-14(5-7-16)10-15-8-9-23-19(11-15)13-24-20(26)25-18-3-1-2-17(22)12-18/h1-7,12,15,19,23H,8-11,13H2,(H2,24,25,26)/t15-,19+/m0/s1. The average Bonchev–Trinajstić information content (AvgIpc) is 2.62. The van der Waals surface area contributed by atoms with Gasteiger partial charge in [-0.3, -0.25) is 0 Å². The number of benzene rings is 2. The van der Waals surface area contributed by atoms with E-state index in [1.807, 2.05) is 12.1 Å². The van der Waals surface area contributed by atoms with Gasteiger partial charge in [-0.2, -0.15) is 0 Å². The smallest absolute Gasteiger partial charge is 0.319 e. The third-order valence-corrected chi connectivity index (χ3v) is 4.63. The van der Waals surface area contributed by atoms with Gasteiger partial charge in [-0.25, -0.2) is 13.6 Å². The average molecular weight is 359 g/mol. The number of halogens is 2. The maximum absolute atomic E-state index is 13.1. The highest BCUT2D eigenvalue weighted by atomic mass is 19.1. The largest absolute Gasteiger partial charge is 0.336 e. The van der Waals surface area contributed by atoms with Gasteiger partial charge in [0, 0.05) is 18.3 Å². The summed E-state index contributed by atoms with van der Waals surface area (Å²) < 4.78 is 26.1. The summed E-state index contributed by atoms with van der Waals surface area (Å²) in [6.45, 7) is 1.39. The van der Waals surface area contributed by atoms with Crippen LogP contribution in [0.25, 0.3) is 0 Å². The first-order valence-corrected chi connectivity index (χ1v) is 8.87. The predicted octanol–water partition coefficient (Wildman–Crippen LogP) is 3.70. The molecule has 0 aliphatic carbocycles. The number of hydrogen-bond acceptors (Lipinski definition) is 2. The Morgan fingerprint density at radius 3 is 2.69 bits per heavy atom. The fraction of sp³-hybridized carbons (Fsp3) is 0.350. The van der Waals surface area contributed by atoms with Crippen LogP contribution in [0.15, 0.2) is 48.5 Å². The second-order valence-corrected chi connectivity index (χ2v) is 6.72. The van der Waals surface area contributed by atoms with Crippen LogP contribution in [0.5, 0.6) is 0 Å². The maximum atomic E-state index is 13.1. The number of carbonyl (C=O) groups is 1. The summed E-state index contributed by atoms with van der Waals surface area (Å²) in [5, 5.41) is 8.86. The lowest BCUT2D eigenvalue weighted by Gasteiger charge is -2.30. The van der Waals surface area contributed by atoms with Gasteiger partial charge in [0.05, 0.1) is 0 Å². The van der Waals surface area contributed by atoms with Gasteiger partial charge in [-0.05, 0) is 67.6 Å². The van der Waals surface area contributed by atoms with Gasteiger partial charge in [0.1, 0.15) is 11.6 Å². The summed E-state index contributed by atoms with van der Waals surface area (Å²) in [4.78, 5) is 12.0. The van der Waals surface area contributed by atoms with E-state index >= 15 is 0 Å². The number of anilines is 1. The van der Waals surface area contributed by atoms with Crippen LogP contribution in [0.1, 0.15) is 18.4 Å². The van der Waals surface area contributed by atoms with E-state index < -0.39 is 0 Å². The van der Waals surface area contributed by atoms with Gasteiger partial charge >= 0.3 is 6.03 Å². The molecule has 0 saturated carbocycles. The molecule has 1 aliphatic rings. The molecule has 2 aromatic carbocycles. The summed E-state index contributed by atoms with van der Waals surface area (Å²) in [5.41, 5.74) is 1.56. The van der Waals surface area contributed by atoms with Gasteiger partial charge in [0.25, 0.3) is 0 Å². The molecule has 1 aliphatic heterocycles. The Morgan fingerprint density at radius 2 is 1.92 bits per heavy atom. The van der Waals surface area contributed by atoms with E-state index in [4.69, 9.17) is 0 Å². The molecule has 0 unspecified atom stereocenters. The lowest BCUT2D eigenvalue weighted by Crippen LogP contribution is -2.47. The van der Waals surface area contributed by atoms with Crippen molar-refractivity contribution in [3.05, 3.63) is 65.7 Å². The first-order valence-electron chi connectivity index (χ1n) is 8.87. The topological polar surface area (TPSA) is 53.2 Å². The quantitative estimate of drug-likeness (QED) is 0.762.